The molecule has 1 saturated heterocycles. The van der Waals surface area contributed by atoms with Crippen LogP contribution in [0.15, 0.2) is 0 Å². The number of hydrogen-bond acceptors (Lipinski definition) is 4. The zero-order valence-corrected chi connectivity index (χ0v) is 13.2. The van der Waals surface area contributed by atoms with Gasteiger partial charge < -0.3 is 10.0 Å². The van der Waals surface area contributed by atoms with Crippen LogP contribution in [0.2, 0.25) is 0 Å². The number of carbonyl (C=O) groups is 2. The number of carbonyl (C=O) groups excluding carboxylic acids is 1. The molecule has 0 bridgehead atoms. The third-order valence-corrected chi connectivity index (χ3v) is 5.77. The van der Waals surface area contributed by atoms with Crippen LogP contribution in [-0.2, 0) is 4.79 Å². The van der Waals surface area contributed by atoms with Gasteiger partial charge in [-0.2, -0.15) is 0 Å². The maximum atomic E-state index is 12.9. The van der Waals surface area contributed by atoms with E-state index in [0.29, 0.717) is 22.9 Å². The Morgan fingerprint density at radius 3 is 2.62 bits per heavy atom. The Morgan fingerprint density at radius 1 is 1.29 bits per heavy atom. The topological polar surface area (TPSA) is 70.5 Å². The number of rotatable bonds is 2. The summed E-state index contributed by atoms with van der Waals surface area (Å²) in [5.74, 6) is -0.672. The average Bonchev–Trinajstić information content (AvgIpc) is 2.98. The molecule has 1 N–H and O–H groups in total. The molecule has 1 aromatic heterocycles. The average molecular weight is 308 g/mol. The fourth-order valence-corrected chi connectivity index (χ4v) is 4.68. The van der Waals surface area contributed by atoms with Crippen molar-refractivity contribution in [2.24, 2.45) is 5.92 Å². The molecule has 3 rings (SSSR count). The van der Waals surface area contributed by atoms with E-state index in [4.69, 9.17) is 0 Å². The number of nitrogens with zero attached hydrogens (tertiary/aromatic N) is 2. The van der Waals surface area contributed by atoms with Gasteiger partial charge in [-0.1, -0.05) is 12.8 Å². The Labute approximate surface area is 128 Å². The number of carboxylic acids is 1. The summed E-state index contributed by atoms with van der Waals surface area (Å²) < 4.78 is 0. The molecule has 6 heteroatoms. The second kappa shape index (κ2) is 5.40. The van der Waals surface area contributed by atoms with E-state index in [1.165, 1.54) is 11.3 Å². The van der Waals surface area contributed by atoms with E-state index in [1.54, 1.807) is 4.90 Å². The summed E-state index contributed by atoms with van der Waals surface area (Å²) in [6.07, 6.45) is 4.80. The monoisotopic (exact) mass is 308 g/mol. The molecule has 0 radical (unpaired) electrons. The van der Waals surface area contributed by atoms with Crippen molar-refractivity contribution in [2.45, 2.75) is 58.0 Å². The molecule has 1 saturated carbocycles. The van der Waals surface area contributed by atoms with Gasteiger partial charge >= 0.3 is 5.97 Å². The van der Waals surface area contributed by atoms with Crippen LogP contribution in [-0.4, -0.2) is 39.0 Å². The van der Waals surface area contributed by atoms with Crippen LogP contribution in [0.1, 0.15) is 52.5 Å². The van der Waals surface area contributed by atoms with Gasteiger partial charge in [-0.3, -0.25) is 4.79 Å². The summed E-state index contributed by atoms with van der Waals surface area (Å²) in [6.45, 7) is 3.69. The lowest BCUT2D eigenvalue weighted by Crippen LogP contribution is -2.46. The lowest BCUT2D eigenvalue weighted by molar-refractivity contribution is -0.141. The summed E-state index contributed by atoms with van der Waals surface area (Å²) in [5.41, 5.74) is 0.714. The van der Waals surface area contributed by atoms with Gasteiger partial charge in [-0.15, -0.1) is 11.3 Å². The van der Waals surface area contributed by atoms with Gasteiger partial charge in [0.25, 0.3) is 5.91 Å². The number of fused-ring (bicyclic) bond motifs is 1. The van der Waals surface area contributed by atoms with E-state index in [1.807, 2.05) is 13.8 Å². The summed E-state index contributed by atoms with van der Waals surface area (Å²) in [5, 5.41) is 10.3. The van der Waals surface area contributed by atoms with Crippen molar-refractivity contribution in [1.29, 1.82) is 0 Å². The summed E-state index contributed by atoms with van der Waals surface area (Å²) in [7, 11) is 0. The Kier molecular flexibility index (Phi) is 3.73. The predicted octanol–water partition coefficient (Wildman–Crippen LogP) is 2.62. The Morgan fingerprint density at radius 2 is 2.00 bits per heavy atom. The number of carboxylic acid groups (broad SMARTS) is 1. The van der Waals surface area contributed by atoms with E-state index in [-0.39, 0.29) is 11.9 Å². The zero-order valence-electron chi connectivity index (χ0n) is 12.3. The molecule has 21 heavy (non-hydrogen) atoms. The zero-order chi connectivity index (χ0) is 15.1. The van der Waals surface area contributed by atoms with Crippen LogP contribution >= 0.6 is 11.3 Å². The van der Waals surface area contributed by atoms with Gasteiger partial charge in [0.15, 0.2) is 0 Å². The normalized spacial score (nSPS) is 28.5. The molecule has 1 aromatic rings. The third kappa shape index (κ3) is 2.46. The van der Waals surface area contributed by atoms with Crippen LogP contribution in [0.3, 0.4) is 0 Å². The molecule has 1 aliphatic heterocycles. The van der Waals surface area contributed by atoms with Crippen molar-refractivity contribution < 1.29 is 14.7 Å². The molecule has 1 aliphatic carbocycles. The standard InChI is InChI=1S/C15H20N2O3S/c1-8-13(21-9(2)16-8)14(18)17-11-6-4-3-5-10(11)7-12(17)15(19)20/h10-12H,3-7H2,1-2H3,(H,19,20). The first-order valence-electron chi connectivity index (χ1n) is 7.48. The molecule has 5 nitrogen and oxygen atoms in total. The van der Waals surface area contributed by atoms with Crippen molar-refractivity contribution in [1.82, 2.24) is 9.88 Å². The van der Waals surface area contributed by atoms with Crippen molar-refractivity contribution >= 4 is 23.2 Å². The summed E-state index contributed by atoms with van der Waals surface area (Å²) in [4.78, 5) is 31.0. The second-order valence-corrected chi connectivity index (χ2v) is 7.26. The highest BCUT2D eigenvalue weighted by atomic mass is 32.1. The van der Waals surface area contributed by atoms with Crippen molar-refractivity contribution in [2.75, 3.05) is 0 Å². The van der Waals surface area contributed by atoms with E-state index >= 15 is 0 Å². The molecule has 114 valence electrons. The number of aryl methyl sites for hydroxylation is 2. The minimum absolute atomic E-state index is 0.0918. The highest BCUT2D eigenvalue weighted by Crippen LogP contribution is 2.41. The molecule has 3 unspecified atom stereocenters. The van der Waals surface area contributed by atoms with Crippen molar-refractivity contribution in [3.8, 4) is 0 Å². The lowest BCUT2D eigenvalue weighted by atomic mass is 9.85. The Balaban J connectivity index is 1.94. The van der Waals surface area contributed by atoms with E-state index in [0.717, 1.165) is 30.7 Å². The fraction of sp³-hybridized carbons (Fsp3) is 0.667. The molecule has 2 aliphatic rings. The molecular formula is C15H20N2O3S. The lowest BCUT2D eigenvalue weighted by Gasteiger charge is -2.32. The van der Waals surface area contributed by atoms with Crippen molar-refractivity contribution in [3.05, 3.63) is 15.6 Å². The van der Waals surface area contributed by atoms with Crippen LogP contribution in [0, 0.1) is 19.8 Å². The molecule has 1 amide bonds. The Hall–Kier alpha value is -1.43. The first kappa shape index (κ1) is 14.5. The van der Waals surface area contributed by atoms with Crippen molar-refractivity contribution in [3.63, 3.8) is 0 Å². The first-order valence-corrected chi connectivity index (χ1v) is 8.30. The summed E-state index contributed by atoms with van der Waals surface area (Å²) >= 11 is 1.37. The maximum Gasteiger partial charge on any atom is 0.326 e. The van der Waals surface area contributed by atoms with E-state index < -0.39 is 12.0 Å². The van der Waals surface area contributed by atoms with E-state index in [9.17, 15) is 14.7 Å². The maximum absolute atomic E-state index is 12.9. The van der Waals surface area contributed by atoms with Crippen LogP contribution in [0.5, 0.6) is 0 Å². The smallest absolute Gasteiger partial charge is 0.326 e. The minimum atomic E-state index is -0.878. The van der Waals surface area contributed by atoms with Crippen LogP contribution < -0.4 is 0 Å². The van der Waals surface area contributed by atoms with Gasteiger partial charge in [0.1, 0.15) is 10.9 Å². The van der Waals surface area contributed by atoms with Gasteiger partial charge in [0, 0.05) is 6.04 Å². The number of aliphatic carboxylic acids is 1. The quantitative estimate of drug-likeness (QED) is 0.911. The molecule has 2 fully saturated rings. The van der Waals surface area contributed by atoms with Gasteiger partial charge in [0.2, 0.25) is 0 Å². The number of likely N-dealkylation sites (tertiary alicyclic amines) is 1. The number of aromatic nitrogens is 1. The SMILES string of the molecule is Cc1nc(C)c(C(=O)N2C(C(=O)O)CC3CCCCC32)s1. The second-order valence-electron chi connectivity index (χ2n) is 6.06. The highest BCUT2D eigenvalue weighted by molar-refractivity contribution is 7.13. The molecular weight excluding hydrogens is 288 g/mol. The van der Waals surface area contributed by atoms with Crippen LogP contribution in [0.4, 0.5) is 0 Å². The number of hydrogen-bond donors (Lipinski definition) is 1. The number of thiazole rings is 1. The molecule has 0 spiro atoms. The highest BCUT2D eigenvalue weighted by Gasteiger charge is 2.48. The largest absolute Gasteiger partial charge is 0.480 e. The van der Waals surface area contributed by atoms with E-state index in [2.05, 4.69) is 4.98 Å². The van der Waals surface area contributed by atoms with Gasteiger partial charge in [0.05, 0.1) is 10.7 Å². The molecule has 2 heterocycles. The number of amides is 1. The molecule has 0 aromatic carbocycles. The van der Waals surface area contributed by atoms with Gasteiger partial charge in [-0.05, 0) is 39.0 Å². The first-order chi connectivity index (χ1) is 9.99. The van der Waals surface area contributed by atoms with Crippen LogP contribution in [0.25, 0.3) is 0 Å². The third-order valence-electron chi connectivity index (χ3n) is 4.71. The predicted molar refractivity (Wildman–Crippen MR) is 79.5 cm³/mol. The summed E-state index contributed by atoms with van der Waals surface area (Å²) in [6, 6.07) is -0.582. The Bertz CT molecular complexity index is 583. The minimum Gasteiger partial charge on any atom is -0.480 e. The fourth-order valence-electron chi connectivity index (χ4n) is 3.82. The van der Waals surface area contributed by atoms with Gasteiger partial charge in [-0.25, -0.2) is 9.78 Å². The molecule has 3 atom stereocenters.